The number of aromatic carboxylic acids is 1. The topological polar surface area (TPSA) is 76.1 Å². The number of hydrogen-bond donors (Lipinski definition) is 1. The number of carbonyl (C=O) groups excluding carboxylic acids is 1. The normalized spacial score (nSPS) is 17.4. The zero-order valence-electron chi connectivity index (χ0n) is 14.0. The summed E-state index contributed by atoms with van der Waals surface area (Å²) in [5, 5.41) is 9.12. The van der Waals surface area contributed by atoms with Crippen molar-refractivity contribution in [3.63, 3.8) is 0 Å². The smallest absolute Gasteiger partial charge is 0.410 e. The Morgan fingerprint density at radius 2 is 2.04 bits per heavy atom. The number of nitrogens with zero attached hydrogens (tertiary/aromatic N) is 1. The van der Waals surface area contributed by atoms with Crippen molar-refractivity contribution in [2.45, 2.75) is 45.8 Å². The predicted molar refractivity (Wildman–Crippen MR) is 85.0 cm³/mol. The fourth-order valence-corrected chi connectivity index (χ4v) is 2.29. The summed E-state index contributed by atoms with van der Waals surface area (Å²) in [7, 11) is 0. The minimum Gasteiger partial charge on any atom is -0.491 e. The molecule has 0 radical (unpaired) electrons. The molecule has 0 spiro atoms. The lowest BCUT2D eigenvalue weighted by Gasteiger charge is -2.41. The van der Waals surface area contributed by atoms with Crippen LogP contribution in [0.15, 0.2) is 18.2 Å². The van der Waals surface area contributed by atoms with E-state index in [4.69, 9.17) is 14.6 Å². The van der Waals surface area contributed by atoms with E-state index in [0.29, 0.717) is 24.5 Å². The second kappa shape index (κ2) is 6.48. The van der Waals surface area contributed by atoms with Gasteiger partial charge in [-0.05, 0) is 51.8 Å². The quantitative estimate of drug-likeness (QED) is 0.922. The molecule has 23 heavy (non-hydrogen) atoms. The highest BCUT2D eigenvalue weighted by atomic mass is 16.6. The largest absolute Gasteiger partial charge is 0.491 e. The van der Waals surface area contributed by atoms with Gasteiger partial charge in [0.05, 0.1) is 11.6 Å². The molecule has 1 aromatic carbocycles. The van der Waals surface area contributed by atoms with Crippen molar-refractivity contribution in [2.24, 2.45) is 0 Å². The average Bonchev–Trinajstić information content (AvgIpc) is 2.36. The van der Waals surface area contributed by atoms with Crippen LogP contribution in [0.4, 0.5) is 4.79 Å². The number of ether oxygens (including phenoxy) is 2. The molecule has 0 bridgehead atoms. The SMILES string of the molecule is Cc1ccc(OC[C@@H]2CCN2C(=O)OC(C)(C)C)cc1C(=O)O. The van der Waals surface area contributed by atoms with Crippen LogP contribution in [0.25, 0.3) is 0 Å². The lowest BCUT2D eigenvalue weighted by atomic mass is 10.1. The van der Waals surface area contributed by atoms with Crippen molar-refractivity contribution in [2.75, 3.05) is 13.2 Å². The van der Waals surface area contributed by atoms with E-state index in [-0.39, 0.29) is 17.7 Å². The summed E-state index contributed by atoms with van der Waals surface area (Å²) < 4.78 is 11.0. The van der Waals surface area contributed by atoms with Crippen LogP contribution in [-0.4, -0.2) is 46.9 Å². The van der Waals surface area contributed by atoms with E-state index < -0.39 is 11.6 Å². The summed E-state index contributed by atoms with van der Waals surface area (Å²) >= 11 is 0. The lowest BCUT2D eigenvalue weighted by Crippen LogP contribution is -2.55. The number of likely N-dealkylation sites (tertiary alicyclic amines) is 1. The van der Waals surface area contributed by atoms with E-state index in [1.807, 2.05) is 20.8 Å². The first-order valence-corrected chi connectivity index (χ1v) is 7.64. The van der Waals surface area contributed by atoms with E-state index in [1.54, 1.807) is 24.0 Å². The molecule has 0 aliphatic carbocycles. The highest BCUT2D eigenvalue weighted by Gasteiger charge is 2.35. The second-order valence-electron chi connectivity index (χ2n) is 6.71. The third kappa shape index (κ3) is 4.37. The number of rotatable bonds is 4. The van der Waals surface area contributed by atoms with Crippen LogP contribution in [0.3, 0.4) is 0 Å². The zero-order valence-corrected chi connectivity index (χ0v) is 14.0. The third-order valence-electron chi connectivity index (χ3n) is 3.65. The Balaban J connectivity index is 1.93. The second-order valence-corrected chi connectivity index (χ2v) is 6.71. The van der Waals surface area contributed by atoms with Crippen molar-refractivity contribution in [1.82, 2.24) is 4.90 Å². The monoisotopic (exact) mass is 321 g/mol. The van der Waals surface area contributed by atoms with Gasteiger partial charge >= 0.3 is 12.1 Å². The van der Waals surface area contributed by atoms with Gasteiger partial charge in [-0.25, -0.2) is 9.59 Å². The number of benzene rings is 1. The van der Waals surface area contributed by atoms with E-state index in [0.717, 1.165) is 6.42 Å². The molecule has 1 heterocycles. The third-order valence-corrected chi connectivity index (χ3v) is 3.65. The molecule has 126 valence electrons. The lowest BCUT2D eigenvalue weighted by molar-refractivity contribution is -0.0141. The number of carbonyl (C=O) groups is 2. The first-order chi connectivity index (χ1) is 10.7. The van der Waals surface area contributed by atoms with Gasteiger partial charge in [-0.15, -0.1) is 0 Å². The van der Waals surface area contributed by atoms with Crippen LogP contribution < -0.4 is 4.74 Å². The van der Waals surface area contributed by atoms with Gasteiger partial charge in [0, 0.05) is 6.54 Å². The maximum Gasteiger partial charge on any atom is 0.410 e. The minimum absolute atomic E-state index is 0.0422. The molecule has 0 aromatic heterocycles. The maximum absolute atomic E-state index is 12.0. The average molecular weight is 321 g/mol. The number of carboxylic acid groups (broad SMARTS) is 1. The van der Waals surface area contributed by atoms with E-state index >= 15 is 0 Å². The number of hydrogen-bond acceptors (Lipinski definition) is 4. The Labute approximate surface area is 136 Å². The molecule has 1 saturated heterocycles. The van der Waals surface area contributed by atoms with Crippen molar-refractivity contribution >= 4 is 12.1 Å². The fourth-order valence-electron chi connectivity index (χ4n) is 2.29. The van der Waals surface area contributed by atoms with Gasteiger partial charge in [-0.1, -0.05) is 6.07 Å². The van der Waals surface area contributed by atoms with Crippen LogP contribution in [0.1, 0.15) is 43.1 Å². The molecule has 1 N–H and O–H groups in total. The van der Waals surface area contributed by atoms with Crippen LogP contribution >= 0.6 is 0 Å². The first-order valence-electron chi connectivity index (χ1n) is 7.64. The van der Waals surface area contributed by atoms with Crippen LogP contribution in [0.2, 0.25) is 0 Å². The Morgan fingerprint density at radius 1 is 1.35 bits per heavy atom. The van der Waals surface area contributed by atoms with Crippen LogP contribution in [0, 0.1) is 6.92 Å². The van der Waals surface area contributed by atoms with E-state index in [2.05, 4.69) is 0 Å². The van der Waals surface area contributed by atoms with Gasteiger partial charge in [-0.3, -0.25) is 0 Å². The zero-order chi connectivity index (χ0) is 17.2. The summed E-state index contributed by atoms with van der Waals surface area (Å²) in [5.41, 5.74) is 0.384. The molecular weight excluding hydrogens is 298 g/mol. The molecule has 2 rings (SSSR count). The van der Waals surface area contributed by atoms with Gasteiger partial charge in [0.25, 0.3) is 0 Å². The summed E-state index contributed by atoms with van der Waals surface area (Å²) in [6, 6.07) is 4.91. The highest BCUT2D eigenvalue weighted by molar-refractivity contribution is 5.89. The first kappa shape index (κ1) is 17.1. The molecule has 1 fully saturated rings. The number of carboxylic acids is 1. The molecule has 0 unspecified atom stereocenters. The van der Waals surface area contributed by atoms with Crippen molar-refractivity contribution in [3.8, 4) is 5.75 Å². The minimum atomic E-state index is -0.980. The van der Waals surface area contributed by atoms with Gasteiger partial charge in [0.1, 0.15) is 18.0 Å². The molecule has 6 heteroatoms. The fraction of sp³-hybridized carbons (Fsp3) is 0.529. The Morgan fingerprint density at radius 3 is 2.57 bits per heavy atom. The van der Waals surface area contributed by atoms with Gasteiger partial charge < -0.3 is 19.5 Å². The molecule has 1 aliphatic heterocycles. The summed E-state index contributed by atoms with van der Waals surface area (Å²) in [5.74, 6) is -0.490. The summed E-state index contributed by atoms with van der Waals surface area (Å²) in [4.78, 5) is 24.8. The van der Waals surface area contributed by atoms with E-state index in [9.17, 15) is 9.59 Å². The van der Waals surface area contributed by atoms with Gasteiger partial charge in [-0.2, -0.15) is 0 Å². The molecule has 1 aliphatic rings. The summed E-state index contributed by atoms with van der Waals surface area (Å²) in [6.45, 7) is 8.20. The van der Waals surface area contributed by atoms with Crippen LogP contribution in [-0.2, 0) is 4.74 Å². The van der Waals surface area contributed by atoms with Crippen molar-refractivity contribution in [1.29, 1.82) is 0 Å². The number of aryl methyl sites for hydroxylation is 1. The Kier molecular flexibility index (Phi) is 4.82. The van der Waals surface area contributed by atoms with E-state index in [1.165, 1.54) is 6.07 Å². The Bertz CT molecular complexity index is 605. The predicted octanol–water partition coefficient (Wildman–Crippen LogP) is 3.08. The molecule has 6 nitrogen and oxygen atoms in total. The van der Waals surface area contributed by atoms with Gasteiger partial charge in [0.2, 0.25) is 0 Å². The molecule has 0 saturated carbocycles. The standard InChI is InChI=1S/C17H23NO5/c1-11-5-6-13(9-14(11)15(19)20)22-10-12-7-8-18(12)16(21)23-17(2,3)4/h5-6,9,12H,7-8,10H2,1-4H3,(H,19,20)/t12-/m0/s1. The molecule has 1 amide bonds. The Hall–Kier alpha value is -2.24. The highest BCUT2D eigenvalue weighted by Crippen LogP contribution is 2.23. The van der Waals surface area contributed by atoms with Crippen molar-refractivity contribution < 1.29 is 24.2 Å². The van der Waals surface area contributed by atoms with Crippen molar-refractivity contribution in [3.05, 3.63) is 29.3 Å². The maximum atomic E-state index is 12.0. The van der Waals surface area contributed by atoms with Gasteiger partial charge in [0.15, 0.2) is 0 Å². The molecule has 1 aromatic rings. The summed E-state index contributed by atoms with van der Waals surface area (Å²) in [6.07, 6.45) is 0.504. The van der Waals surface area contributed by atoms with Crippen LogP contribution in [0.5, 0.6) is 5.75 Å². The molecule has 1 atom stereocenters. The number of amides is 1. The molecular formula is C17H23NO5.